The van der Waals surface area contributed by atoms with Crippen molar-refractivity contribution in [2.45, 2.75) is 18.9 Å². The van der Waals surface area contributed by atoms with Gasteiger partial charge in [0, 0.05) is 5.92 Å². The van der Waals surface area contributed by atoms with E-state index in [0.717, 1.165) is 0 Å². The molecule has 1 aliphatic carbocycles. The summed E-state index contributed by atoms with van der Waals surface area (Å²) in [5.74, 6) is 0.196. The van der Waals surface area contributed by atoms with Gasteiger partial charge in [0.05, 0.1) is 6.10 Å². The van der Waals surface area contributed by atoms with Gasteiger partial charge in [-0.3, -0.25) is 0 Å². The third-order valence-corrected chi connectivity index (χ3v) is 2.36. The van der Waals surface area contributed by atoms with E-state index in [2.05, 4.69) is 24.3 Å². The fourth-order valence-corrected chi connectivity index (χ4v) is 1.70. The molecule has 0 radical (unpaired) electrons. The van der Waals surface area contributed by atoms with Crippen LogP contribution in [0.3, 0.4) is 0 Å². The Morgan fingerprint density at radius 3 is 2.83 bits per heavy atom. The minimum Gasteiger partial charge on any atom is -0.392 e. The van der Waals surface area contributed by atoms with Gasteiger partial charge in [-0.05, 0) is 18.1 Å². The van der Waals surface area contributed by atoms with E-state index < -0.39 is 0 Å². The molecular weight excluding hydrogens is 148 g/mol. The van der Waals surface area contributed by atoms with Crippen LogP contribution in [0.25, 0.3) is 6.08 Å². The Labute approximate surface area is 72.4 Å². The monoisotopic (exact) mass is 160 g/mol. The van der Waals surface area contributed by atoms with E-state index in [1.807, 2.05) is 19.1 Å². The van der Waals surface area contributed by atoms with E-state index in [1.165, 1.54) is 11.1 Å². The predicted molar refractivity (Wildman–Crippen MR) is 49.9 cm³/mol. The third-order valence-electron chi connectivity index (χ3n) is 2.36. The number of hydrogen-bond donors (Lipinski definition) is 1. The van der Waals surface area contributed by atoms with Crippen molar-refractivity contribution in [3.05, 3.63) is 41.5 Å². The van der Waals surface area contributed by atoms with Crippen LogP contribution in [0.1, 0.15) is 24.0 Å². The Morgan fingerprint density at radius 2 is 2.08 bits per heavy atom. The summed E-state index contributed by atoms with van der Waals surface area (Å²) in [6.45, 7) is 1.83. The fraction of sp³-hybridized carbons (Fsp3) is 0.273. The Hall–Kier alpha value is -1.08. The normalized spacial score (nSPS) is 22.3. The lowest BCUT2D eigenvalue weighted by Gasteiger charge is -2.13. The van der Waals surface area contributed by atoms with Crippen molar-refractivity contribution in [2.24, 2.45) is 0 Å². The maximum atomic E-state index is 9.45. The molecule has 0 heterocycles. The summed E-state index contributed by atoms with van der Waals surface area (Å²) in [5, 5.41) is 9.45. The summed E-state index contributed by atoms with van der Waals surface area (Å²) < 4.78 is 0. The van der Waals surface area contributed by atoms with E-state index in [4.69, 9.17) is 0 Å². The molecule has 2 rings (SSSR count). The van der Waals surface area contributed by atoms with Crippen LogP contribution in [0, 0.1) is 0 Å². The van der Waals surface area contributed by atoms with Gasteiger partial charge < -0.3 is 5.11 Å². The summed E-state index contributed by atoms with van der Waals surface area (Å²) >= 11 is 0. The molecule has 0 saturated carbocycles. The topological polar surface area (TPSA) is 20.2 Å². The van der Waals surface area contributed by atoms with Crippen molar-refractivity contribution in [1.82, 2.24) is 0 Å². The van der Waals surface area contributed by atoms with Gasteiger partial charge in [0.2, 0.25) is 0 Å². The number of benzene rings is 1. The van der Waals surface area contributed by atoms with Gasteiger partial charge in [0.15, 0.2) is 0 Å². The molecule has 2 atom stereocenters. The molecule has 12 heavy (non-hydrogen) atoms. The van der Waals surface area contributed by atoms with E-state index in [0.29, 0.717) is 0 Å². The van der Waals surface area contributed by atoms with Crippen molar-refractivity contribution in [1.29, 1.82) is 0 Å². The first-order chi connectivity index (χ1) is 5.79. The molecule has 0 bridgehead atoms. The highest BCUT2D eigenvalue weighted by Crippen LogP contribution is 2.31. The maximum Gasteiger partial charge on any atom is 0.0615 e. The molecule has 0 aliphatic heterocycles. The lowest BCUT2D eigenvalue weighted by Crippen LogP contribution is -2.10. The molecule has 2 unspecified atom stereocenters. The molecule has 1 aromatic carbocycles. The van der Waals surface area contributed by atoms with Crippen LogP contribution in [-0.4, -0.2) is 11.2 Å². The van der Waals surface area contributed by atoms with Gasteiger partial charge in [0.1, 0.15) is 0 Å². The zero-order chi connectivity index (χ0) is 8.55. The highest BCUT2D eigenvalue weighted by molar-refractivity contribution is 5.62. The van der Waals surface area contributed by atoms with E-state index in [9.17, 15) is 5.11 Å². The highest BCUT2D eigenvalue weighted by atomic mass is 16.3. The van der Waals surface area contributed by atoms with Gasteiger partial charge in [-0.2, -0.15) is 0 Å². The van der Waals surface area contributed by atoms with Crippen LogP contribution in [0.5, 0.6) is 0 Å². The number of hydrogen-bond acceptors (Lipinski definition) is 1. The smallest absolute Gasteiger partial charge is 0.0615 e. The van der Waals surface area contributed by atoms with Crippen molar-refractivity contribution >= 4 is 6.08 Å². The fourth-order valence-electron chi connectivity index (χ4n) is 1.70. The van der Waals surface area contributed by atoms with E-state index >= 15 is 0 Å². The van der Waals surface area contributed by atoms with E-state index in [-0.39, 0.29) is 12.0 Å². The molecule has 1 aromatic rings. The van der Waals surface area contributed by atoms with Crippen molar-refractivity contribution in [3.8, 4) is 0 Å². The summed E-state index contributed by atoms with van der Waals surface area (Å²) in [4.78, 5) is 0. The Kier molecular flexibility index (Phi) is 1.74. The number of rotatable bonds is 1. The molecule has 1 aliphatic rings. The SMILES string of the molecule is CC(O)C1C=Cc2ccccc21. The lowest BCUT2D eigenvalue weighted by atomic mass is 9.96. The summed E-state index contributed by atoms with van der Waals surface area (Å²) in [6.07, 6.45) is 3.85. The zero-order valence-electron chi connectivity index (χ0n) is 7.07. The van der Waals surface area contributed by atoms with Crippen LogP contribution in [-0.2, 0) is 0 Å². The minimum atomic E-state index is -0.287. The first kappa shape index (κ1) is 7.56. The van der Waals surface area contributed by atoms with Gasteiger partial charge in [-0.1, -0.05) is 36.4 Å². The second-order valence-corrected chi connectivity index (χ2v) is 3.25. The first-order valence-electron chi connectivity index (χ1n) is 4.24. The average Bonchev–Trinajstić information content (AvgIpc) is 2.47. The molecule has 62 valence electrons. The summed E-state index contributed by atoms with van der Waals surface area (Å²) in [5.41, 5.74) is 2.48. The van der Waals surface area contributed by atoms with Gasteiger partial charge in [-0.15, -0.1) is 0 Å². The number of aliphatic hydroxyl groups excluding tert-OH is 1. The van der Waals surface area contributed by atoms with Gasteiger partial charge in [-0.25, -0.2) is 0 Å². The standard InChI is InChI=1S/C11H12O/c1-8(12)10-7-6-9-4-2-3-5-11(9)10/h2-8,10,12H,1H3. The molecule has 0 saturated heterocycles. The zero-order valence-corrected chi connectivity index (χ0v) is 7.07. The summed E-state index contributed by atoms with van der Waals surface area (Å²) in [7, 11) is 0. The van der Waals surface area contributed by atoms with Crippen LogP contribution in [0.4, 0.5) is 0 Å². The maximum absolute atomic E-state index is 9.45. The quantitative estimate of drug-likeness (QED) is 0.667. The summed E-state index contributed by atoms with van der Waals surface area (Å²) in [6, 6.07) is 8.19. The predicted octanol–water partition coefficient (Wildman–Crippen LogP) is 2.18. The van der Waals surface area contributed by atoms with Crippen molar-refractivity contribution in [2.75, 3.05) is 0 Å². The molecule has 1 heteroatoms. The molecule has 0 spiro atoms. The Bertz CT molecular complexity index is 313. The van der Waals surface area contributed by atoms with Gasteiger partial charge >= 0.3 is 0 Å². The lowest BCUT2D eigenvalue weighted by molar-refractivity contribution is 0.180. The van der Waals surface area contributed by atoms with Crippen LogP contribution in [0.2, 0.25) is 0 Å². The molecule has 0 fully saturated rings. The second kappa shape index (κ2) is 2.76. The second-order valence-electron chi connectivity index (χ2n) is 3.25. The average molecular weight is 160 g/mol. The molecule has 0 amide bonds. The number of fused-ring (bicyclic) bond motifs is 1. The highest BCUT2D eigenvalue weighted by Gasteiger charge is 2.20. The first-order valence-corrected chi connectivity index (χ1v) is 4.24. The van der Waals surface area contributed by atoms with Crippen molar-refractivity contribution in [3.63, 3.8) is 0 Å². The van der Waals surface area contributed by atoms with Crippen LogP contribution >= 0.6 is 0 Å². The van der Waals surface area contributed by atoms with Crippen molar-refractivity contribution < 1.29 is 5.11 Å². The molecule has 0 aromatic heterocycles. The van der Waals surface area contributed by atoms with Crippen LogP contribution < -0.4 is 0 Å². The molecule has 1 N–H and O–H groups in total. The minimum absolute atomic E-state index is 0.196. The van der Waals surface area contributed by atoms with E-state index in [1.54, 1.807) is 0 Å². The number of aliphatic hydroxyl groups is 1. The third kappa shape index (κ3) is 1.07. The largest absolute Gasteiger partial charge is 0.392 e. The van der Waals surface area contributed by atoms with Crippen LogP contribution in [0.15, 0.2) is 30.3 Å². The Morgan fingerprint density at radius 1 is 1.33 bits per heavy atom. The van der Waals surface area contributed by atoms with Gasteiger partial charge in [0.25, 0.3) is 0 Å². The molecular formula is C11H12O. The Balaban J connectivity index is 2.42. The molecule has 1 nitrogen and oxygen atoms in total.